The topological polar surface area (TPSA) is 84.9 Å². The molecule has 0 atom stereocenters. The van der Waals surface area contributed by atoms with Crippen LogP contribution in [0.2, 0.25) is 0 Å². The van der Waals surface area contributed by atoms with Gasteiger partial charge in [0.2, 0.25) is 5.91 Å². The quantitative estimate of drug-likeness (QED) is 0.646. The highest BCUT2D eigenvalue weighted by Crippen LogP contribution is 2.18. The number of hydrogen-bond acceptors (Lipinski definition) is 4. The van der Waals surface area contributed by atoms with Crippen molar-refractivity contribution in [3.8, 4) is 11.5 Å². The zero-order chi connectivity index (χ0) is 17.9. The predicted octanol–water partition coefficient (Wildman–Crippen LogP) is 3.34. The number of rotatable bonds is 10. The molecule has 0 heterocycles. The molecule has 25 heavy (non-hydrogen) atoms. The summed E-state index contributed by atoms with van der Waals surface area (Å²) in [7, 11) is 0. The summed E-state index contributed by atoms with van der Waals surface area (Å²) >= 11 is 0. The van der Waals surface area contributed by atoms with Gasteiger partial charge in [-0.2, -0.15) is 0 Å². The summed E-state index contributed by atoms with van der Waals surface area (Å²) in [4.78, 5) is 22.2. The molecule has 0 fully saturated rings. The number of aliphatic carboxylic acids is 1. The lowest BCUT2D eigenvalue weighted by Gasteiger charge is -2.10. The largest absolute Gasteiger partial charge is 0.490 e. The SMILES string of the molecule is O=C(O)CCCC(=O)Nc1cccc(OCCOc2ccccc2)c1. The van der Waals surface area contributed by atoms with E-state index >= 15 is 0 Å². The van der Waals surface area contributed by atoms with Crippen molar-refractivity contribution >= 4 is 17.6 Å². The Kier molecular flexibility index (Phi) is 7.31. The molecule has 0 radical (unpaired) electrons. The fourth-order valence-corrected chi connectivity index (χ4v) is 2.12. The molecule has 0 saturated heterocycles. The molecule has 0 aliphatic heterocycles. The molecule has 2 aromatic carbocycles. The van der Waals surface area contributed by atoms with Crippen LogP contribution in [-0.2, 0) is 9.59 Å². The van der Waals surface area contributed by atoms with E-state index in [1.807, 2.05) is 30.3 Å². The highest BCUT2D eigenvalue weighted by molar-refractivity contribution is 5.91. The summed E-state index contributed by atoms with van der Waals surface area (Å²) in [5, 5.41) is 11.3. The summed E-state index contributed by atoms with van der Waals surface area (Å²) in [6.45, 7) is 0.792. The molecule has 132 valence electrons. The van der Waals surface area contributed by atoms with E-state index in [0.29, 0.717) is 31.1 Å². The number of carboxylic acids is 1. The number of amides is 1. The number of hydrogen-bond donors (Lipinski definition) is 2. The fraction of sp³-hybridized carbons (Fsp3) is 0.263. The molecule has 2 N–H and O–H groups in total. The van der Waals surface area contributed by atoms with Gasteiger partial charge in [0.05, 0.1) is 0 Å². The molecule has 0 aliphatic carbocycles. The Morgan fingerprint density at radius 3 is 2.28 bits per heavy atom. The molecule has 2 aromatic rings. The number of ether oxygens (including phenoxy) is 2. The van der Waals surface area contributed by atoms with Crippen molar-refractivity contribution in [1.82, 2.24) is 0 Å². The number of carbonyl (C=O) groups excluding carboxylic acids is 1. The Morgan fingerprint density at radius 1 is 0.880 bits per heavy atom. The summed E-state index contributed by atoms with van der Waals surface area (Å²) in [5.41, 5.74) is 0.613. The number of anilines is 1. The summed E-state index contributed by atoms with van der Waals surface area (Å²) in [6, 6.07) is 16.5. The third-order valence-electron chi connectivity index (χ3n) is 3.28. The third-order valence-corrected chi connectivity index (χ3v) is 3.28. The monoisotopic (exact) mass is 343 g/mol. The first kappa shape index (κ1) is 18.3. The number of para-hydroxylation sites is 1. The van der Waals surface area contributed by atoms with Crippen LogP contribution >= 0.6 is 0 Å². The van der Waals surface area contributed by atoms with Crippen LogP contribution in [0, 0.1) is 0 Å². The van der Waals surface area contributed by atoms with Gasteiger partial charge >= 0.3 is 5.97 Å². The molecule has 2 rings (SSSR count). The predicted molar refractivity (Wildman–Crippen MR) is 94.0 cm³/mol. The van der Waals surface area contributed by atoms with Gasteiger partial charge in [-0.1, -0.05) is 24.3 Å². The number of nitrogens with one attached hydrogen (secondary N) is 1. The van der Waals surface area contributed by atoms with E-state index in [0.717, 1.165) is 5.75 Å². The molecule has 0 spiro atoms. The van der Waals surface area contributed by atoms with Gasteiger partial charge in [-0.15, -0.1) is 0 Å². The minimum absolute atomic E-state index is 0.0159. The van der Waals surface area contributed by atoms with Crippen LogP contribution in [0.1, 0.15) is 19.3 Å². The highest BCUT2D eigenvalue weighted by Gasteiger charge is 2.05. The van der Waals surface area contributed by atoms with Crippen LogP contribution in [-0.4, -0.2) is 30.2 Å². The van der Waals surface area contributed by atoms with Gasteiger partial charge in [0.15, 0.2) is 0 Å². The normalized spacial score (nSPS) is 10.1. The Bertz CT molecular complexity index is 687. The lowest BCUT2D eigenvalue weighted by molar-refractivity contribution is -0.137. The van der Waals surface area contributed by atoms with Gasteiger partial charge in [0.25, 0.3) is 0 Å². The molecular weight excluding hydrogens is 322 g/mol. The van der Waals surface area contributed by atoms with Gasteiger partial charge in [0.1, 0.15) is 24.7 Å². The molecular formula is C19H21NO5. The molecule has 0 unspecified atom stereocenters. The molecule has 6 heteroatoms. The first-order valence-electron chi connectivity index (χ1n) is 8.06. The van der Waals surface area contributed by atoms with Gasteiger partial charge < -0.3 is 19.9 Å². The van der Waals surface area contributed by atoms with E-state index in [1.54, 1.807) is 24.3 Å². The minimum Gasteiger partial charge on any atom is -0.490 e. The smallest absolute Gasteiger partial charge is 0.303 e. The second kappa shape index (κ2) is 9.97. The van der Waals surface area contributed by atoms with Crippen molar-refractivity contribution in [3.63, 3.8) is 0 Å². The van der Waals surface area contributed by atoms with Crippen LogP contribution in [0.3, 0.4) is 0 Å². The average Bonchev–Trinajstić information content (AvgIpc) is 2.60. The number of carboxylic acid groups (broad SMARTS) is 1. The lowest BCUT2D eigenvalue weighted by atomic mass is 10.2. The molecule has 0 aromatic heterocycles. The van der Waals surface area contributed by atoms with E-state index in [2.05, 4.69) is 5.32 Å². The van der Waals surface area contributed by atoms with Crippen LogP contribution in [0.15, 0.2) is 54.6 Å². The van der Waals surface area contributed by atoms with E-state index in [-0.39, 0.29) is 18.7 Å². The molecule has 6 nitrogen and oxygen atoms in total. The van der Waals surface area contributed by atoms with Crippen LogP contribution in [0.25, 0.3) is 0 Å². The Morgan fingerprint density at radius 2 is 1.56 bits per heavy atom. The zero-order valence-electron chi connectivity index (χ0n) is 13.8. The van der Waals surface area contributed by atoms with Gasteiger partial charge in [-0.05, 0) is 30.7 Å². The lowest BCUT2D eigenvalue weighted by Crippen LogP contribution is -2.12. The second-order valence-corrected chi connectivity index (χ2v) is 5.33. The third kappa shape index (κ3) is 7.39. The molecule has 0 aliphatic rings. The Hall–Kier alpha value is -3.02. The van der Waals surface area contributed by atoms with E-state index in [4.69, 9.17) is 14.6 Å². The number of carbonyl (C=O) groups is 2. The fourth-order valence-electron chi connectivity index (χ4n) is 2.12. The van der Waals surface area contributed by atoms with Gasteiger partial charge in [0, 0.05) is 24.6 Å². The van der Waals surface area contributed by atoms with E-state index in [1.165, 1.54) is 0 Å². The van der Waals surface area contributed by atoms with Crippen LogP contribution < -0.4 is 14.8 Å². The van der Waals surface area contributed by atoms with Crippen LogP contribution in [0.4, 0.5) is 5.69 Å². The van der Waals surface area contributed by atoms with Gasteiger partial charge in [-0.25, -0.2) is 0 Å². The maximum absolute atomic E-state index is 11.8. The second-order valence-electron chi connectivity index (χ2n) is 5.33. The molecule has 1 amide bonds. The van der Waals surface area contributed by atoms with Crippen LogP contribution in [0.5, 0.6) is 11.5 Å². The van der Waals surface area contributed by atoms with Gasteiger partial charge in [-0.3, -0.25) is 9.59 Å². The summed E-state index contributed by atoms with van der Waals surface area (Å²) in [5.74, 6) is 0.292. The Balaban J connectivity index is 1.72. The first-order valence-corrected chi connectivity index (χ1v) is 8.06. The molecule has 0 bridgehead atoms. The summed E-state index contributed by atoms with van der Waals surface area (Å²) < 4.78 is 11.2. The maximum atomic E-state index is 11.8. The zero-order valence-corrected chi connectivity index (χ0v) is 13.8. The average molecular weight is 343 g/mol. The van der Waals surface area contributed by atoms with E-state index in [9.17, 15) is 9.59 Å². The maximum Gasteiger partial charge on any atom is 0.303 e. The van der Waals surface area contributed by atoms with E-state index < -0.39 is 5.97 Å². The van der Waals surface area contributed by atoms with Crippen molar-refractivity contribution in [2.75, 3.05) is 18.5 Å². The Labute approximate surface area is 146 Å². The standard InChI is InChI=1S/C19H21NO5/c21-18(10-5-11-19(22)23)20-15-6-4-9-17(14-15)25-13-12-24-16-7-2-1-3-8-16/h1-4,6-9,14H,5,10-13H2,(H,20,21)(H,22,23). The first-order chi connectivity index (χ1) is 12.1. The van der Waals surface area contributed by atoms with Crippen molar-refractivity contribution in [1.29, 1.82) is 0 Å². The minimum atomic E-state index is -0.902. The van der Waals surface area contributed by atoms with Crippen molar-refractivity contribution in [2.45, 2.75) is 19.3 Å². The molecule has 0 saturated carbocycles. The van der Waals surface area contributed by atoms with Crippen molar-refractivity contribution < 1.29 is 24.2 Å². The highest BCUT2D eigenvalue weighted by atomic mass is 16.5. The van der Waals surface area contributed by atoms with Crippen molar-refractivity contribution in [3.05, 3.63) is 54.6 Å². The summed E-state index contributed by atoms with van der Waals surface area (Å²) in [6.07, 6.45) is 0.467. The number of benzene rings is 2. The van der Waals surface area contributed by atoms with Crippen molar-refractivity contribution in [2.24, 2.45) is 0 Å².